The smallest absolute Gasteiger partial charge is 0.320 e. The minimum absolute atomic E-state index is 0.0166. The minimum Gasteiger partial charge on any atom is -0.378 e. The Hall–Kier alpha value is -5.27. The second kappa shape index (κ2) is 19.6. The molecule has 7 heterocycles. The van der Waals surface area contributed by atoms with Gasteiger partial charge in [-0.05, 0) is 80.3 Å². The molecular weight excluding hydrogens is 899 g/mol. The lowest BCUT2D eigenvalue weighted by molar-refractivity contribution is -0.148. The summed E-state index contributed by atoms with van der Waals surface area (Å²) in [6.45, 7) is 18.8. The number of ether oxygens (including phenoxy) is 2. The van der Waals surface area contributed by atoms with E-state index in [9.17, 15) is 24.0 Å². The maximum Gasteiger partial charge on any atom is 0.320 e. The quantitative estimate of drug-likeness (QED) is 0.172. The molecule has 0 aliphatic carbocycles. The number of nitrogens with one attached hydrogen (secondary N) is 2. The summed E-state index contributed by atoms with van der Waals surface area (Å²) >= 11 is 1.42. The lowest BCUT2D eigenvalue weighted by atomic mass is 9.84. The van der Waals surface area contributed by atoms with E-state index >= 15 is 0 Å². The zero-order valence-corrected chi connectivity index (χ0v) is 43.8. The van der Waals surface area contributed by atoms with E-state index in [1.54, 1.807) is 30.2 Å². The van der Waals surface area contributed by atoms with Crippen molar-refractivity contribution in [2.24, 2.45) is 17.3 Å². The summed E-state index contributed by atoms with van der Waals surface area (Å²) in [5.74, 6) is -1.19. The van der Waals surface area contributed by atoms with Crippen LogP contribution in [-0.4, -0.2) is 151 Å². The number of pyridine rings is 1. The number of carbonyl (C=O) groups is 5. The predicted octanol–water partition coefficient (Wildman–Crippen LogP) is 4.34. The number of methoxy groups -OCH3 is 1. The number of fused-ring (bicyclic) bond motifs is 7. The van der Waals surface area contributed by atoms with E-state index in [2.05, 4.69) is 66.9 Å². The van der Waals surface area contributed by atoms with Crippen LogP contribution in [0, 0.1) is 17.3 Å². The first-order valence-corrected chi connectivity index (χ1v) is 25.8. The molecule has 18 heteroatoms. The summed E-state index contributed by atoms with van der Waals surface area (Å²) in [4.78, 5) is 84.7. The average molecular weight is 966 g/mol. The maximum atomic E-state index is 14.9. The molecule has 0 spiro atoms. The van der Waals surface area contributed by atoms with E-state index < -0.39 is 34.9 Å². The zero-order chi connectivity index (χ0) is 48.8. The van der Waals surface area contributed by atoms with Gasteiger partial charge in [0.25, 0.3) is 5.91 Å². The largest absolute Gasteiger partial charge is 0.378 e. The van der Waals surface area contributed by atoms with Crippen molar-refractivity contribution in [3.63, 3.8) is 0 Å². The Morgan fingerprint density at radius 1 is 1.15 bits per heavy atom. The third-order valence-electron chi connectivity index (χ3n) is 14.5. The molecule has 6 atom stereocenters. The predicted molar refractivity (Wildman–Crippen MR) is 266 cm³/mol. The van der Waals surface area contributed by atoms with Crippen LogP contribution in [0.2, 0.25) is 0 Å². The minimum atomic E-state index is -1.13. The van der Waals surface area contributed by atoms with Crippen LogP contribution >= 0.6 is 11.3 Å². The summed E-state index contributed by atoms with van der Waals surface area (Å²) < 4.78 is 14.8. The number of nitrogens with zero attached hydrogens (tertiary/aromatic N) is 7. The van der Waals surface area contributed by atoms with E-state index in [1.807, 2.05) is 32.2 Å². The summed E-state index contributed by atoms with van der Waals surface area (Å²) in [6, 6.07) is 8.07. The number of benzene rings is 1. The van der Waals surface area contributed by atoms with Crippen molar-refractivity contribution in [2.45, 2.75) is 104 Å². The number of likely N-dealkylation sites (N-methyl/N-ethyl adjacent to an activating group) is 1. The van der Waals surface area contributed by atoms with Gasteiger partial charge in [0.2, 0.25) is 11.8 Å². The highest BCUT2D eigenvalue weighted by Gasteiger charge is 2.51. The molecule has 8 rings (SSSR count). The average Bonchev–Trinajstić information content (AvgIpc) is 4.00. The highest BCUT2D eigenvalue weighted by atomic mass is 32.1. The van der Waals surface area contributed by atoms with Crippen LogP contribution in [0.4, 0.5) is 4.79 Å². The number of urea groups is 1. The van der Waals surface area contributed by atoms with Crippen LogP contribution in [0.5, 0.6) is 0 Å². The summed E-state index contributed by atoms with van der Waals surface area (Å²) in [5.41, 5.74) is 8.64. The number of carbonyl (C=O) groups excluding carboxylic acids is 5. The van der Waals surface area contributed by atoms with Crippen LogP contribution in [0.3, 0.4) is 0 Å². The summed E-state index contributed by atoms with van der Waals surface area (Å²) in [6.07, 6.45) is 4.63. The molecule has 4 aromatic rings. The van der Waals surface area contributed by atoms with Crippen molar-refractivity contribution < 1.29 is 33.4 Å². The number of rotatable bonds is 10. The highest BCUT2D eigenvalue weighted by Crippen LogP contribution is 2.42. The first kappa shape index (κ1) is 49.2. The number of likely N-dealkylation sites (tertiary alicyclic amines) is 2. The Morgan fingerprint density at radius 3 is 2.63 bits per heavy atom. The molecule has 0 radical (unpaired) electrons. The zero-order valence-electron chi connectivity index (χ0n) is 41.0. The molecule has 16 nitrogen and oxygen atoms in total. The first-order chi connectivity index (χ1) is 32.4. The molecule has 1 aromatic carbocycles. The number of hydrogen-bond acceptors (Lipinski definition) is 11. The Morgan fingerprint density at radius 2 is 1.93 bits per heavy atom. The van der Waals surface area contributed by atoms with Crippen molar-refractivity contribution in [1.82, 2.24) is 45.0 Å². The van der Waals surface area contributed by atoms with Gasteiger partial charge in [0.1, 0.15) is 23.0 Å². The number of aromatic nitrogens is 3. The maximum absolute atomic E-state index is 14.9. The van der Waals surface area contributed by atoms with Gasteiger partial charge in [0, 0.05) is 92.8 Å². The fraction of sp³-hybridized carbons (Fsp3) is 0.540. The topological polar surface area (TPSA) is 172 Å². The van der Waals surface area contributed by atoms with E-state index in [1.165, 1.54) is 27.3 Å². The van der Waals surface area contributed by atoms with Crippen LogP contribution in [0.1, 0.15) is 76.8 Å². The van der Waals surface area contributed by atoms with E-state index in [4.69, 9.17) is 19.4 Å². The summed E-state index contributed by atoms with van der Waals surface area (Å²) in [5, 5.41) is 8.26. The fourth-order valence-electron chi connectivity index (χ4n) is 10.8. The number of hydrogen-bond donors (Lipinski definition) is 2. The molecule has 0 unspecified atom stereocenters. The second-order valence-corrected chi connectivity index (χ2v) is 22.0. The van der Waals surface area contributed by atoms with Gasteiger partial charge in [-0.1, -0.05) is 40.3 Å². The van der Waals surface area contributed by atoms with Gasteiger partial charge in [0.15, 0.2) is 0 Å². The van der Waals surface area contributed by atoms with Crippen LogP contribution in [-0.2, 0) is 48.0 Å². The molecule has 0 saturated carbocycles. The molecule has 5 amide bonds. The standard InChI is InChI=1S/C50H67N9O7SSi/c1-10-41(60)56-23-32-24-58(39(32)25-56)48(64)55(8)43(29(3)4)45(61)53-36-21-40-52-37(26-67-40)31-15-16-38-34(20-31)35(44(57(38)11-2)33-14-12-18-51-42(33)30(5)65-9)22-49(6,7)27-66-28-50(47(63)68)17-13-19-59(54-50)46(36)62/h10,12,14-16,18,20,26,29-30,32,36,39,43,54H,1,11,13,17,19,21-25,27-28H2,2-9,68H3,(H,53,61)/t30-,32+,36-,39+,43-,50-/m0/s1. The molecule has 364 valence electrons. The van der Waals surface area contributed by atoms with Crippen molar-refractivity contribution >= 4 is 61.6 Å². The molecule has 4 aliphatic heterocycles. The monoisotopic (exact) mass is 965 g/mol. The summed E-state index contributed by atoms with van der Waals surface area (Å²) in [7, 11) is 3.55. The molecule has 68 heavy (non-hydrogen) atoms. The van der Waals surface area contributed by atoms with Crippen LogP contribution in [0.25, 0.3) is 33.4 Å². The SMILES string of the molecule is C=CC(=O)N1C[C@@H]2CN(C(=O)N(C)[C@H](C(=O)N[C@H]3Cc4nc(cs4)-c4ccc5c(c4)c(c(-c4cccnc4[C@H](C)OC)n5CC)CC(C)(C)COC[C@]4(C(=O)[SiH3])CCCN(N4)C3=O)C(C)C)[C@@H]2C1. The molecule has 2 N–H and O–H groups in total. The lowest BCUT2D eigenvalue weighted by Crippen LogP contribution is -2.69. The molecule has 4 aliphatic rings. The van der Waals surface area contributed by atoms with Gasteiger partial charge >= 0.3 is 6.03 Å². The third-order valence-corrected chi connectivity index (χ3v) is 16.3. The van der Waals surface area contributed by atoms with Crippen LogP contribution in [0.15, 0.2) is 54.6 Å². The van der Waals surface area contributed by atoms with Gasteiger partial charge in [-0.25, -0.2) is 15.2 Å². The second-order valence-electron chi connectivity index (χ2n) is 20.2. The Labute approximate surface area is 406 Å². The number of aryl methyl sites for hydroxylation is 1. The molecular formula is C50H67N9O7SSi. The Balaban J connectivity index is 1.16. The van der Waals surface area contributed by atoms with E-state index in [0.717, 1.165) is 44.7 Å². The molecule has 3 fully saturated rings. The third kappa shape index (κ3) is 9.29. The van der Waals surface area contributed by atoms with Gasteiger partial charge < -0.3 is 38.9 Å². The normalized spacial score (nSPS) is 23.7. The Bertz CT molecular complexity index is 2610. The number of amides is 5. The molecule has 3 aromatic heterocycles. The molecule has 6 bridgehead atoms. The van der Waals surface area contributed by atoms with Gasteiger partial charge in [0.05, 0.1) is 57.7 Å². The number of thiazole rings is 1. The van der Waals surface area contributed by atoms with Crippen molar-refractivity contribution in [3.8, 4) is 22.5 Å². The lowest BCUT2D eigenvalue weighted by Gasteiger charge is -2.46. The Kier molecular flexibility index (Phi) is 14.2. The van der Waals surface area contributed by atoms with E-state index in [0.29, 0.717) is 63.6 Å². The van der Waals surface area contributed by atoms with Crippen molar-refractivity contribution in [1.29, 1.82) is 0 Å². The molecule has 3 saturated heterocycles. The van der Waals surface area contributed by atoms with Crippen molar-refractivity contribution in [3.05, 3.63) is 70.8 Å². The van der Waals surface area contributed by atoms with Crippen molar-refractivity contribution in [2.75, 3.05) is 53.6 Å². The van der Waals surface area contributed by atoms with Gasteiger partial charge in [-0.2, -0.15) is 0 Å². The number of hydrazine groups is 1. The highest BCUT2D eigenvalue weighted by molar-refractivity contribution is 7.10. The van der Waals surface area contributed by atoms with E-state index in [-0.39, 0.29) is 64.6 Å². The first-order valence-electron chi connectivity index (χ1n) is 23.9. The van der Waals surface area contributed by atoms with Crippen LogP contribution < -0.4 is 10.7 Å². The van der Waals surface area contributed by atoms with Gasteiger partial charge in [-0.15, -0.1) is 11.3 Å². The van der Waals surface area contributed by atoms with Gasteiger partial charge in [-0.3, -0.25) is 24.4 Å². The fourth-order valence-corrected chi connectivity index (χ4v) is 12.1.